The molecule has 0 amide bonds. The third kappa shape index (κ3) is 2.54. The highest BCUT2D eigenvalue weighted by molar-refractivity contribution is 6.34. The van der Waals surface area contributed by atoms with Crippen LogP contribution in [0.15, 0.2) is 12.3 Å². The second-order valence-corrected chi connectivity index (χ2v) is 3.63. The molecule has 0 radical (unpaired) electrons. The number of rotatable bonds is 2. The molecule has 0 aliphatic carbocycles. The number of halogens is 2. The van der Waals surface area contributed by atoms with Crippen LogP contribution in [0, 0.1) is 0 Å². The summed E-state index contributed by atoms with van der Waals surface area (Å²) in [6, 6.07) is 0.970. The fraction of sp³-hybridized carbons (Fsp3) is 0.375. The van der Waals surface area contributed by atoms with Crippen molar-refractivity contribution in [3.8, 4) is 0 Å². The average molecular weight is 221 g/mol. The van der Waals surface area contributed by atoms with Crippen LogP contribution in [-0.4, -0.2) is 16.2 Å². The maximum Gasteiger partial charge on any atom is 0.0784 e. The number of aromatic nitrogens is 1. The van der Waals surface area contributed by atoms with Gasteiger partial charge in [-0.25, -0.2) is 0 Å². The van der Waals surface area contributed by atoms with E-state index in [0.29, 0.717) is 15.7 Å². The molecule has 0 aliphatic rings. The second-order valence-electron chi connectivity index (χ2n) is 2.79. The van der Waals surface area contributed by atoms with Crippen LogP contribution in [0.1, 0.15) is 18.7 Å². The second kappa shape index (κ2) is 4.24. The van der Waals surface area contributed by atoms with E-state index >= 15 is 0 Å². The molecule has 0 fully saturated rings. The van der Waals surface area contributed by atoms with Crippen molar-refractivity contribution in [1.29, 1.82) is 0 Å². The molecule has 3 N–H and O–H groups in total. The Bertz CT molecular complexity index is 304. The van der Waals surface area contributed by atoms with Gasteiger partial charge in [0.15, 0.2) is 0 Å². The highest BCUT2D eigenvalue weighted by Crippen LogP contribution is 2.23. The van der Waals surface area contributed by atoms with E-state index in [1.807, 2.05) is 0 Å². The number of hydrogen-bond acceptors (Lipinski definition) is 3. The zero-order valence-electron chi connectivity index (χ0n) is 7.04. The van der Waals surface area contributed by atoms with E-state index in [-0.39, 0.29) is 0 Å². The summed E-state index contributed by atoms with van der Waals surface area (Å²) in [5, 5.41) is 10.0. The van der Waals surface area contributed by atoms with Crippen LogP contribution in [0.5, 0.6) is 0 Å². The van der Waals surface area contributed by atoms with Crippen molar-refractivity contribution in [3.05, 3.63) is 28.0 Å². The number of aliphatic hydroxyl groups is 1. The molecular weight excluding hydrogens is 211 g/mol. The third-order valence-electron chi connectivity index (χ3n) is 1.67. The number of aliphatic hydroxyl groups excluding tert-OH is 1. The number of hydrogen-bond donors (Lipinski definition) is 2. The molecule has 0 spiro atoms. The Hall–Kier alpha value is -0.350. The average Bonchev–Trinajstić information content (AvgIpc) is 2.03. The maximum atomic E-state index is 9.21. The van der Waals surface area contributed by atoms with Gasteiger partial charge in [0.1, 0.15) is 0 Å². The lowest BCUT2D eigenvalue weighted by Crippen LogP contribution is -2.24. The molecule has 2 atom stereocenters. The minimum Gasteiger partial charge on any atom is -0.391 e. The quantitative estimate of drug-likeness (QED) is 0.799. The first-order chi connectivity index (χ1) is 6.02. The molecule has 0 aromatic carbocycles. The van der Waals surface area contributed by atoms with E-state index in [1.54, 1.807) is 13.0 Å². The maximum absolute atomic E-state index is 9.21. The minimum absolute atomic E-state index is 0.376. The summed E-state index contributed by atoms with van der Waals surface area (Å²) in [6.07, 6.45) is 0.761. The molecule has 0 aliphatic heterocycles. The predicted octanol–water partition coefficient (Wildman–Crippen LogP) is 1.77. The molecule has 5 heteroatoms. The first-order valence-electron chi connectivity index (χ1n) is 3.77. The van der Waals surface area contributed by atoms with Crippen molar-refractivity contribution >= 4 is 23.2 Å². The molecule has 0 saturated carbocycles. The van der Waals surface area contributed by atoms with Gasteiger partial charge < -0.3 is 10.8 Å². The smallest absolute Gasteiger partial charge is 0.0784 e. The standard InChI is InChI=1S/C8H10Cl2N2O/c1-4(13)7(11)8-6(10)2-5(9)3-12-8/h2-4,7,13H,11H2,1H3/t4-,7-/m1/s1. The zero-order valence-corrected chi connectivity index (χ0v) is 8.55. The Morgan fingerprint density at radius 3 is 2.62 bits per heavy atom. The molecule has 0 saturated heterocycles. The molecule has 1 heterocycles. The van der Waals surface area contributed by atoms with Crippen molar-refractivity contribution in [3.63, 3.8) is 0 Å². The molecule has 0 bridgehead atoms. The minimum atomic E-state index is -0.689. The summed E-state index contributed by atoms with van der Waals surface area (Å²) in [6.45, 7) is 1.58. The normalized spacial score (nSPS) is 15.5. The van der Waals surface area contributed by atoms with Gasteiger partial charge in [-0.3, -0.25) is 4.98 Å². The Morgan fingerprint density at radius 2 is 2.15 bits per heavy atom. The molecule has 1 aromatic rings. The van der Waals surface area contributed by atoms with Crippen molar-refractivity contribution in [1.82, 2.24) is 4.98 Å². The summed E-state index contributed by atoms with van der Waals surface area (Å²) in [5.41, 5.74) is 6.11. The molecular formula is C8H10Cl2N2O. The summed E-state index contributed by atoms with van der Waals surface area (Å²) in [7, 11) is 0. The highest BCUT2D eigenvalue weighted by atomic mass is 35.5. The Labute approximate surface area is 86.5 Å². The highest BCUT2D eigenvalue weighted by Gasteiger charge is 2.16. The topological polar surface area (TPSA) is 59.1 Å². The summed E-state index contributed by atoms with van der Waals surface area (Å²) in [4.78, 5) is 3.95. The fourth-order valence-electron chi connectivity index (χ4n) is 0.899. The van der Waals surface area contributed by atoms with Gasteiger partial charge in [0.25, 0.3) is 0 Å². The summed E-state index contributed by atoms with van der Waals surface area (Å²) >= 11 is 11.5. The van der Waals surface area contributed by atoms with Gasteiger partial charge in [0.05, 0.1) is 27.9 Å². The lowest BCUT2D eigenvalue weighted by molar-refractivity contribution is 0.162. The van der Waals surface area contributed by atoms with Gasteiger partial charge in [-0.15, -0.1) is 0 Å². The predicted molar refractivity (Wildman–Crippen MR) is 52.9 cm³/mol. The van der Waals surface area contributed by atoms with Crippen LogP contribution in [0.3, 0.4) is 0 Å². The Balaban J connectivity index is 3.01. The van der Waals surface area contributed by atoms with E-state index in [4.69, 9.17) is 28.9 Å². The monoisotopic (exact) mass is 220 g/mol. The molecule has 13 heavy (non-hydrogen) atoms. The number of nitrogens with zero attached hydrogens (tertiary/aromatic N) is 1. The molecule has 0 unspecified atom stereocenters. The molecule has 72 valence electrons. The molecule has 3 nitrogen and oxygen atoms in total. The van der Waals surface area contributed by atoms with Crippen molar-refractivity contribution < 1.29 is 5.11 Å². The number of nitrogens with two attached hydrogens (primary N) is 1. The van der Waals surface area contributed by atoms with Gasteiger partial charge in [0, 0.05) is 6.20 Å². The first-order valence-corrected chi connectivity index (χ1v) is 4.52. The van der Waals surface area contributed by atoms with Crippen molar-refractivity contribution in [2.24, 2.45) is 5.73 Å². The fourth-order valence-corrected chi connectivity index (χ4v) is 1.40. The van der Waals surface area contributed by atoms with Crippen molar-refractivity contribution in [2.75, 3.05) is 0 Å². The largest absolute Gasteiger partial charge is 0.391 e. The van der Waals surface area contributed by atoms with Gasteiger partial charge in [-0.2, -0.15) is 0 Å². The van der Waals surface area contributed by atoms with Crippen LogP contribution >= 0.6 is 23.2 Å². The van der Waals surface area contributed by atoms with Gasteiger partial charge >= 0.3 is 0 Å². The zero-order chi connectivity index (χ0) is 10.0. The van der Waals surface area contributed by atoms with E-state index in [9.17, 15) is 5.11 Å². The summed E-state index contributed by atoms with van der Waals surface area (Å²) in [5.74, 6) is 0. The van der Waals surface area contributed by atoms with Crippen molar-refractivity contribution in [2.45, 2.75) is 19.1 Å². The van der Waals surface area contributed by atoms with Gasteiger partial charge in [-0.1, -0.05) is 23.2 Å². The molecule has 1 rings (SSSR count). The van der Waals surface area contributed by atoms with Crippen LogP contribution < -0.4 is 5.73 Å². The lowest BCUT2D eigenvalue weighted by atomic mass is 10.1. The van der Waals surface area contributed by atoms with Crippen LogP contribution in [0.4, 0.5) is 0 Å². The Morgan fingerprint density at radius 1 is 1.54 bits per heavy atom. The van der Waals surface area contributed by atoms with Crippen LogP contribution in [-0.2, 0) is 0 Å². The van der Waals surface area contributed by atoms with E-state index in [0.717, 1.165) is 0 Å². The van der Waals surface area contributed by atoms with Crippen LogP contribution in [0.25, 0.3) is 0 Å². The third-order valence-corrected chi connectivity index (χ3v) is 2.18. The van der Waals surface area contributed by atoms with E-state index < -0.39 is 12.1 Å². The van der Waals surface area contributed by atoms with Gasteiger partial charge in [0.2, 0.25) is 0 Å². The Kier molecular flexibility index (Phi) is 3.50. The number of pyridine rings is 1. The van der Waals surface area contributed by atoms with E-state index in [1.165, 1.54) is 6.20 Å². The van der Waals surface area contributed by atoms with Crippen LogP contribution in [0.2, 0.25) is 10.0 Å². The first kappa shape index (κ1) is 10.7. The van der Waals surface area contributed by atoms with Gasteiger partial charge in [-0.05, 0) is 13.0 Å². The SMILES string of the molecule is C[C@@H](O)[C@@H](N)c1ncc(Cl)cc1Cl. The van der Waals surface area contributed by atoms with E-state index in [2.05, 4.69) is 4.98 Å². The molecule has 1 aromatic heterocycles. The summed E-state index contributed by atoms with van der Waals surface area (Å²) < 4.78 is 0. The lowest BCUT2D eigenvalue weighted by Gasteiger charge is -2.15.